The van der Waals surface area contributed by atoms with Gasteiger partial charge in [0.2, 0.25) is 11.8 Å². The van der Waals surface area contributed by atoms with E-state index in [-0.39, 0.29) is 23.7 Å². The van der Waals surface area contributed by atoms with Gasteiger partial charge in [-0.15, -0.1) is 0 Å². The third kappa shape index (κ3) is 6.60. The molecule has 1 aromatic carbocycles. The van der Waals surface area contributed by atoms with Crippen molar-refractivity contribution >= 4 is 27.7 Å². The Morgan fingerprint density at radius 2 is 1.41 bits per heavy atom. The van der Waals surface area contributed by atoms with Crippen molar-refractivity contribution in [2.45, 2.75) is 46.7 Å². The number of rotatable bonds is 7. The highest BCUT2D eigenvalue weighted by Gasteiger charge is 2.20. The van der Waals surface area contributed by atoms with Crippen molar-refractivity contribution in [3.63, 3.8) is 0 Å². The molecular formula is C17H25BrN2O2. The molecule has 0 aliphatic heterocycles. The van der Waals surface area contributed by atoms with Crippen LogP contribution in [0.15, 0.2) is 28.7 Å². The number of benzene rings is 1. The third-order valence-electron chi connectivity index (χ3n) is 3.01. The molecule has 0 radical (unpaired) electrons. The maximum absolute atomic E-state index is 12.1. The lowest BCUT2D eigenvalue weighted by Gasteiger charge is -2.23. The molecule has 0 atom stereocenters. The minimum Gasteiger partial charge on any atom is -0.332 e. The minimum absolute atomic E-state index is 0.0689. The van der Waals surface area contributed by atoms with E-state index in [1.54, 1.807) is 0 Å². The Kier molecular flexibility index (Phi) is 7.59. The predicted octanol–water partition coefficient (Wildman–Crippen LogP) is 3.77. The predicted molar refractivity (Wildman–Crippen MR) is 92.1 cm³/mol. The molecule has 4 nitrogen and oxygen atoms in total. The van der Waals surface area contributed by atoms with Crippen molar-refractivity contribution in [3.8, 4) is 0 Å². The highest BCUT2D eigenvalue weighted by molar-refractivity contribution is 9.10. The van der Waals surface area contributed by atoms with Crippen LogP contribution in [-0.4, -0.2) is 11.8 Å². The van der Waals surface area contributed by atoms with E-state index in [0.717, 1.165) is 10.0 Å². The van der Waals surface area contributed by atoms with Crippen LogP contribution in [0, 0.1) is 11.8 Å². The van der Waals surface area contributed by atoms with Gasteiger partial charge in [0, 0.05) is 22.9 Å². The van der Waals surface area contributed by atoms with Crippen LogP contribution in [0.4, 0.5) is 0 Å². The summed E-state index contributed by atoms with van der Waals surface area (Å²) in [7, 11) is 0. The summed E-state index contributed by atoms with van der Waals surface area (Å²) in [5.74, 6) is 0.402. The molecular weight excluding hydrogens is 344 g/mol. The molecule has 2 N–H and O–H groups in total. The molecule has 22 heavy (non-hydrogen) atoms. The van der Waals surface area contributed by atoms with Crippen molar-refractivity contribution in [2.24, 2.45) is 11.8 Å². The van der Waals surface area contributed by atoms with E-state index in [4.69, 9.17) is 0 Å². The molecule has 0 aliphatic rings. The average molecular weight is 369 g/mol. The van der Waals surface area contributed by atoms with E-state index in [1.165, 1.54) is 0 Å². The second-order valence-electron chi connectivity index (χ2n) is 6.29. The minimum atomic E-state index is -0.520. The zero-order chi connectivity index (χ0) is 16.7. The summed E-state index contributed by atoms with van der Waals surface area (Å²) in [6.07, 6.45) is 0.343. The van der Waals surface area contributed by atoms with Gasteiger partial charge in [-0.1, -0.05) is 61.8 Å². The van der Waals surface area contributed by atoms with Gasteiger partial charge in [0.15, 0.2) is 0 Å². The van der Waals surface area contributed by atoms with E-state index >= 15 is 0 Å². The molecule has 1 aromatic rings. The SMILES string of the molecule is CC(C)CC(=O)NC(NC(=O)CC(C)C)c1ccccc1Br. The lowest BCUT2D eigenvalue weighted by Crippen LogP contribution is -2.41. The highest BCUT2D eigenvalue weighted by atomic mass is 79.9. The monoisotopic (exact) mass is 368 g/mol. The molecule has 0 aliphatic carbocycles. The van der Waals surface area contributed by atoms with Crippen LogP contribution in [0.3, 0.4) is 0 Å². The molecule has 0 saturated carbocycles. The Hall–Kier alpha value is -1.36. The number of carbonyl (C=O) groups excluding carboxylic acids is 2. The molecule has 2 amide bonds. The second kappa shape index (κ2) is 8.93. The molecule has 122 valence electrons. The average Bonchev–Trinajstić information content (AvgIpc) is 2.36. The van der Waals surface area contributed by atoms with Gasteiger partial charge in [-0.05, 0) is 17.9 Å². The molecule has 0 heterocycles. The van der Waals surface area contributed by atoms with Crippen molar-refractivity contribution in [1.82, 2.24) is 10.6 Å². The molecule has 1 rings (SSSR count). The second-order valence-corrected chi connectivity index (χ2v) is 7.14. The summed E-state index contributed by atoms with van der Waals surface area (Å²) in [4.78, 5) is 24.1. The third-order valence-corrected chi connectivity index (χ3v) is 3.74. The summed E-state index contributed by atoms with van der Waals surface area (Å²) >= 11 is 3.48. The zero-order valence-corrected chi connectivity index (χ0v) is 15.2. The molecule has 0 fully saturated rings. The molecule has 0 aromatic heterocycles. The number of halogens is 1. The fourth-order valence-electron chi connectivity index (χ4n) is 2.08. The maximum Gasteiger partial charge on any atom is 0.222 e. The van der Waals surface area contributed by atoms with Crippen LogP contribution in [0.25, 0.3) is 0 Å². The molecule has 0 unspecified atom stereocenters. The number of carbonyl (C=O) groups is 2. The van der Waals surface area contributed by atoms with Gasteiger partial charge in [0.05, 0.1) is 0 Å². The molecule has 5 heteroatoms. The van der Waals surface area contributed by atoms with Gasteiger partial charge in [0.25, 0.3) is 0 Å². The topological polar surface area (TPSA) is 58.2 Å². The van der Waals surface area contributed by atoms with E-state index in [9.17, 15) is 9.59 Å². The van der Waals surface area contributed by atoms with Crippen molar-refractivity contribution < 1.29 is 9.59 Å². The van der Waals surface area contributed by atoms with Crippen molar-refractivity contribution in [3.05, 3.63) is 34.3 Å². The van der Waals surface area contributed by atoms with Crippen LogP contribution in [0.5, 0.6) is 0 Å². The number of hydrogen-bond acceptors (Lipinski definition) is 2. The Labute approximate surface area is 141 Å². The Morgan fingerprint density at radius 3 is 1.82 bits per heavy atom. The van der Waals surface area contributed by atoms with Gasteiger partial charge in [-0.2, -0.15) is 0 Å². The van der Waals surface area contributed by atoms with Gasteiger partial charge in [0.1, 0.15) is 6.17 Å². The van der Waals surface area contributed by atoms with Crippen LogP contribution < -0.4 is 10.6 Å². The number of amides is 2. The molecule has 0 bridgehead atoms. The Morgan fingerprint density at radius 1 is 0.955 bits per heavy atom. The van der Waals surface area contributed by atoms with E-state index in [1.807, 2.05) is 52.0 Å². The quantitative estimate of drug-likeness (QED) is 0.719. The lowest BCUT2D eigenvalue weighted by atomic mass is 10.1. The Balaban J connectivity index is 2.88. The molecule has 0 saturated heterocycles. The van der Waals surface area contributed by atoms with Crippen LogP contribution in [-0.2, 0) is 9.59 Å². The first-order valence-corrected chi connectivity index (χ1v) is 8.42. The Bertz CT molecular complexity index is 491. The highest BCUT2D eigenvalue weighted by Crippen LogP contribution is 2.22. The van der Waals surface area contributed by atoms with E-state index in [0.29, 0.717) is 12.8 Å². The van der Waals surface area contributed by atoms with Crippen molar-refractivity contribution in [1.29, 1.82) is 0 Å². The first kappa shape index (κ1) is 18.7. The van der Waals surface area contributed by atoms with Crippen LogP contribution in [0.2, 0.25) is 0 Å². The smallest absolute Gasteiger partial charge is 0.222 e. The molecule has 0 spiro atoms. The summed E-state index contributed by atoms with van der Waals surface area (Å²) in [5, 5.41) is 5.82. The summed E-state index contributed by atoms with van der Waals surface area (Å²) in [5.41, 5.74) is 0.844. The van der Waals surface area contributed by atoms with Crippen LogP contribution in [0.1, 0.15) is 52.3 Å². The first-order chi connectivity index (χ1) is 10.3. The summed E-state index contributed by atoms with van der Waals surface area (Å²) in [6.45, 7) is 7.96. The largest absolute Gasteiger partial charge is 0.332 e. The van der Waals surface area contributed by atoms with Gasteiger partial charge >= 0.3 is 0 Å². The van der Waals surface area contributed by atoms with E-state index < -0.39 is 6.17 Å². The number of hydrogen-bond donors (Lipinski definition) is 2. The summed E-state index contributed by atoms with van der Waals surface area (Å²) < 4.78 is 0.856. The number of nitrogens with one attached hydrogen (secondary N) is 2. The van der Waals surface area contributed by atoms with Crippen LogP contribution >= 0.6 is 15.9 Å². The van der Waals surface area contributed by atoms with Crippen molar-refractivity contribution in [2.75, 3.05) is 0 Å². The van der Waals surface area contributed by atoms with Gasteiger partial charge in [-0.3, -0.25) is 9.59 Å². The summed E-state index contributed by atoms with van der Waals surface area (Å²) in [6, 6.07) is 7.57. The van der Waals surface area contributed by atoms with Gasteiger partial charge in [-0.25, -0.2) is 0 Å². The standard InChI is InChI=1S/C17H25BrN2O2/c1-11(2)9-15(21)19-17(20-16(22)10-12(3)4)13-7-5-6-8-14(13)18/h5-8,11-12,17H,9-10H2,1-4H3,(H,19,21)(H,20,22). The zero-order valence-electron chi connectivity index (χ0n) is 13.7. The fourth-order valence-corrected chi connectivity index (χ4v) is 2.60. The normalized spacial score (nSPS) is 11.1. The van der Waals surface area contributed by atoms with E-state index in [2.05, 4.69) is 26.6 Å². The maximum atomic E-state index is 12.1. The van der Waals surface area contributed by atoms with Gasteiger partial charge < -0.3 is 10.6 Å². The fraction of sp³-hybridized carbons (Fsp3) is 0.529. The lowest BCUT2D eigenvalue weighted by molar-refractivity contribution is -0.125. The first-order valence-electron chi connectivity index (χ1n) is 7.62.